The topological polar surface area (TPSA) is 80.5 Å². The Labute approximate surface area is 123 Å². The third kappa shape index (κ3) is 3.61. The highest BCUT2D eigenvalue weighted by Crippen LogP contribution is 2.27. The Morgan fingerprint density at radius 1 is 1.65 bits per heavy atom. The molecule has 1 fully saturated rings. The molecule has 0 saturated carbocycles. The Kier molecular flexibility index (Phi) is 5.19. The molecule has 0 aromatic carbocycles. The van der Waals surface area contributed by atoms with Crippen molar-refractivity contribution >= 4 is 28.2 Å². The molecule has 0 radical (unpaired) electrons. The molecule has 1 unspecified atom stereocenters. The van der Waals surface area contributed by atoms with Crippen LogP contribution in [0.5, 0.6) is 0 Å². The van der Waals surface area contributed by atoms with Crippen LogP contribution < -0.4 is 16.0 Å². The molecule has 0 spiro atoms. The van der Waals surface area contributed by atoms with Crippen molar-refractivity contribution in [2.45, 2.75) is 19.8 Å². The second-order valence-corrected chi connectivity index (χ2v) is 6.00. The number of rotatable bonds is 5. The highest BCUT2D eigenvalue weighted by Gasteiger charge is 2.20. The molecule has 0 aliphatic carbocycles. The third-order valence-electron chi connectivity index (χ3n) is 3.46. The number of thiazole rings is 1. The minimum Gasteiger partial charge on any atom is -0.382 e. The number of nitrogens with two attached hydrogens (primary N) is 1. The molecule has 1 saturated heterocycles. The number of carbonyl (C=O) groups excluding carboxylic acids is 1. The van der Waals surface area contributed by atoms with Gasteiger partial charge in [0.05, 0.1) is 6.61 Å². The van der Waals surface area contributed by atoms with Crippen LogP contribution in [-0.4, -0.2) is 44.2 Å². The Morgan fingerprint density at radius 3 is 3.10 bits per heavy atom. The zero-order valence-electron chi connectivity index (χ0n) is 12.0. The summed E-state index contributed by atoms with van der Waals surface area (Å²) < 4.78 is 5.40. The third-order valence-corrected chi connectivity index (χ3v) is 4.64. The number of amides is 1. The predicted octanol–water partition coefficient (Wildman–Crippen LogP) is 1.34. The summed E-state index contributed by atoms with van der Waals surface area (Å²) in [5.41, 5.74) is 5.83. The number of hydrogen-bond donors (Lipinski definition) is 2. The number of carbonyl (C=O) groups is 1. The molecule has 1 amide bonds. The number of nitrogen functional groups attached to an aromatic ring is 1. The second-order valence-electron chi connectivity index (χ2n) is 5.02. The van der Waals surface area contributed by atoms with Crippen LogP contribution in [0.2, 0.25) is 0 Å². The van der Waals surface area contributed by atoms with Gasteiger partial charge in [0, 0.05) is 26.7 Å². The van der Waals surface area contributed by atoms with Gasteiger partial charge in [0.25, 0.3) is 5.91 Å². The number of ether oxygens (including phenoxy) is 1. The van der Waals surface area contributed by atoms with Crippen LogP contribution in [0, 0.1) is 5.92 Å². The normalized spacial score (nSPS) is 18.8. The minimum atomic E-state index is -0.138. The van der Waals surface area contributed by atoms with Crippen LogP contribution in [0.25, 0.3) is 0 Å². The van der Waals surface area contributed by atoms with Crippen molar-refractivity contribution in [2.24, 2.45) is 5.92 Å². The molecular weight excluding hydrogens is 276 g/mol. The fourth-order valence-corrected chi connectivity index (χ4v) is 2.99. The average Bonchev–Trinajstić information content (AvgIpc) is 2.87. The minimum absolute atomic E-state index is 0.138. The van der Waals surface area contributed by atoms with E-state index in [0.29, 0.717) is 23.2 Å². The first kappa shape index (κ1) is 15.1. The lowest BCUT2D eigenvalue weighted by atomic mass is 10.0. The fraction of sp³-hybridized carbons (Fsp3) is 0.692. The van der Waals surface area contributed by atoms with Crippen LogP contribution in [-0.2, 0) is 4.74 Å². The summed E-state index contributed by atoms with van der Waals surface area (Å²) in [6, 6.07) is 0. The lowest BCUT2D eigenvalue weighted by molar-refractivity contribution is 0.0537. The first-order valence-electron chi connectivity index (χ1n) is 6.95. The molecule has 1 atom stereocenters. The van der Waals surface area contributed by atoms with Gasteiger partial charge in [0.15, 0.2) is 5.13 Å². The van der Waals surface area contributed by atoms with E-state index in [9.17, 15) is 4.79 Å². The summed E-state index contributed by atoms with van der Waals surface area (Å²) in [4.78, 5) is 18.8. The molecule has 1 aromatic heterocycles. The summed E-state index contributed by atoms with van der Waals surface area (Å²) >= 11 is 1.33. The van der Waals surface area contributed by atoms with Gasteiger partial charge in [-0.05, 0) is 25.7 Å². The maximum Gasteiger partial charge on any atom is 0.265 e. The summed E-state index contributed by atoms with van der Waals surface area (Å²) in [5, 5.41) is 3.71. The molecule has 1 aliphatic heterocycles. The van der Waals surface area contributed by atoms with Crippen LogP contribution in [0.15, 0.2) is 0 Å². The van der Waals surface area contributed by atoms with Gasteiger partial charge in [-0.2, -0.15) is 0 Å². The summed E-state index contributed by atoms with van der Waals surface area (Å²) in [5.74, 6) is 0.573. The van der Waals surface area contributed by atoms with Gasteiger partial charge in [-0.25, -0.2) is 4.98 Å². The van der Waals surface area contributed by atoms with Gasteiger partial charge in [-0.3, -0.25) is 4.79 Å². The lowest BCUT2D eigenvalue weighted by Crippen LogP contribution is -2.33. The fourth-order valence-electron chi connectivity index (χ4n) is 2.07. The van der Waals surface area contributed by atoms with Crippen molar-refractivity contribution < 1.29 is 9.53 Å². The number of nitrogens with zero attached hydrogens (tertiary/aromatic N) is 2. The highest BCUT2D eigenvalue weighted by atomic mass is 32.1. The van der Waals surface area contributed by atoms with Gasteiger partial charge in [-0.1, -0.05) is 11.3 Å². The quantitative estimate of drug-likeness (QED) is 0.857. The standard InChI is InChI=1S/C13H22N4O2S/c1-3-17(2)13-16-11(14)10(20-13)12(18)15-7-9-5-4-6-19-8-9/h9H,3-8,14H2,1-2H3,(H,15,18). The first-order chi connectivity index (χ1) is 9.61. The van der Waals surface area contributed by atoms with Crippen molar-refractivity contribution in [3.8, 4) is 0 Å². The Morgan fingerprint density at radius 2 is 2.45 bits per heavy atom. The van der Waals surface area contributed by atoms with E-state index in [1.807, 2.05) is 18.9 Å². The molecule has 6 nitrogen and oxygen atoms in total. The summed E-state index contributed by atoms with van der Waals surface area (Å²) in [6.45, 7) is 5.05. The summed E-state index contributed by atoms with van der Waals surface area (Å²) in [7, 11) is 1.93. The molecule has 112 valence electrons. The van der Waals surface area contributed by atoms with Crippen molar-refractivity contribution in [1.82, 2.24) is 10.3 Å². The maximum absolute atomic E-state index is 12.2. The van der Waals surface area contributed by atoms with Crippen LogP contribution >= 0.6 is 11.3 Å². The van der Waals surface area contributed by atoms with E-state index in [1.54, 1.807) is 0 Å². The van der Waals surface area contributed by atoms with Crippen molar-refractivity contribution in [3.63, 3.8) is 0 Å². The van der Waals surface area contributed by atoms with Crippen molar-refractivity contribution in [3.05, 3.63) is 4.88 Å². The zero-order valence-corrected chi connectivity index (χ0v) is 12.8. The molecule has 7 heteroatoms. The van der Waals surface area contributed by atoms with E-state index in [-0.39, 0.29) is 5.91 Å². The Hall–Kier alpha value is -1.34. The molecule has 1 aliphatic rings. The molecular formula is C13H22N4O2S. The molecule has 3 N–H and O–H groups in total. The van der Waals surface area contributed by atoms with E-state index in [4.69, 9.17) is 10.5 Å². The Balaban J connectivity index is 1.93. The Bertz CT molecular complexity index is 457. The number of nitrogens with one attached hydrogen (secondary N) is 1. The lowest BCUT2D eigenvalue weighted by Gasteiger charge is -2.22. The van der Waals surface area contributed by atoms with Gasteiger partial charge in [0.1, 0.15) is 10.7 Å². The smallest absolute Gasteiger partial charge is 0.265 e. The van der Waals surface area contributed by atoms with Crippen molar-refractivity contribution in [1.29, 1.82) is 0 Å². The highest BCUT2D eigenvalue weighted by molar-refractivity contribution is 7.18. The van der Waals surface area contributed by atoms with Crippen LogP contribution in [0.1, 0.15) is 29.4 Å². The number of anilines is 2. The average molecular weight is 298 g/mol. The monoisotopic (exact) mass is 298 g/mol. The van der Waals surface area contributed by atoms with Gasteiger partial charge in [0.2, 0.25) is 0 Å². The zero-order chi connectivity index (χ0) is 14.5. The maximum atomic E-state index is 12.2. The van der Waals surface area contributed by atoms with Gasteiger partial charge >= 0.3 is 0 Å². The van der Waals surface area contributed by atoms with Gasteiger partial charge in [-0.15, -0.1) is 0 Å². The van der Waals surface area contributed by atoms with E-state index in [1.165, 1.54) is 11.3 Å². The number of aromatic nitrogens is 1. The van der Waals surface area contributed by atoms with E-state index in [0.717, 1.165) is 37.7 Å². The van der Waals surface area contributed by atoms with Gasteiger partial charge < -0.3 is 20.7 Å². The molecule has 2 rings (SSSR count). The summed E-state index contributed by atoms with van der Waals surface area (Å²) in [6.07, 6.45) is 2.16. The largest absolute Gasteiger partial charge is 0.382 e. The van der Waals surface area contributed by atoms with Crippen LogP contribution in [0.3, 0.4) is 0 Å². The molecule has 2 heterocycles. The van der Waals surface area contributed by atoms with Crippen molar-refractivity contribution in [2.75, 3.05) is 44.0 Å². The van der Waals surface area contributed by atoms with E-state index >= 15 is 0 Å². The predicted molar refractivity (Wildman–Crippen MR) is 81.3 cm³/mol. The SMILES string of the molecule is CCN(C)c1nc(N)c(C(=O)NCC2CCCOC2)s1. The first-order valence-corrected chi connectivity index (χ1v) is 7.76. The molecule has 0 bridgehead atoms. The second kappa shape index (κ2) is 6.90. The van der Waals surface area contributed by atoms with E-state index < -0.39 is 0 Å². The molecule has 20 heavy (non-hydrogen) atoms. The molecule has 1 aromatic rings. The van der Waals surface area contributed by atoms with Crippen LogP contribution in [0.4, 0.5) is 10.9 Å². The van der Waals surface area contributed by atoms with E-state index in [2.05, 4.69) is 10.3 Å². The number of hydrogen-bond acceptors (Lipinski definition) is 6.